The summed E-state index contributed by atoms with van der Waals surface area (Å²) >= 11 is 0. The third kappa shape index (κ3) is 1.78. The standard InChI is InChI=1S/C5H9N5O2/c6-3(7)1-2-10-5(12)8-4(11)9-10/h1H,2,6-7H2,(H2,8,9,11,12). The van der Waals surface area contributed by atoms with Crippen molar-refractivity contribution in [3.63, 3.8) is 0 Å². The number of rotatable bonds is 2. The Morgan fingerprint density at radius 1 is 1.50 bits per heavy atom. The summed E-state index contributed by atoms with van der Waals surface area (Å²) in [6.07, 6.45) is 1.41. The summed E-state index contributed by atoms with van der Waals surface area (Å²) in [5.41, 5.74) is 9.17. The molecule has 7 heteroatoms. The average Bonchev–Trinajstić information content (AvgIpc) is 2.26. The number of nitrogens with one attached hydrogen (secondary N) is 2. The lowest BCUT2D eigenvalue weighted by Gasteiger charge is -1.93. The molecule has 7 nitrogen and oxygen atoms in total. The maximum Gasteiger partial charge on any atom is 0.344 e. The van der Waals surface area contributed by atoms with E-state index in [4.69, 9.17) is 11.5 Å². The van der Waals surface area contributed by atoms with Crippen molar-refractivity contribution in [2.45, 2.75) is 6.54 Å². The van der Waals surface area contributed by atoms with Gasteiger partial charge >= 0.3 is 11.4 Å². The molecule has 6 N–H and O–H groups in total. The van der Waals surface area contributed by atoms with Crippen LogP contribution in [-0.4, -0.2) is 14.8 Å². The van der Waals surface area contributed by atoms with Crippen molar-refractivity contribution in [1.29, 1.82) is 0 Å². The Morgan fingerprint density at radius 3 is 2.58 bits per heavy atom. The molecular weight excluding hydrogens is 162 g/mol. The maximum absolute atomic E-state index is 10.8. The van der Waals surface area contributed by atoms with Crippen LogP contribution in [0.2, 0.25) is 0 Å². The number of H-pyrrole nitrogens is 2. The fourth-order valence-electron chi connectivity index (χ4n) is 0.691. The lowest BCUT2D eigenvalue weighted by molar-refractivity contribution is 0.664. The second-order valence-corrected chi connectivity index (χ2v) is 2.19. The van der Waals surface area contributed by atoms with Crippen LogP contribution in [0.4, 0.5) is 0 Å². The number of aromatic nitrogens is 3. The molecule has 1 aromatic rings. The maximum atomic E-state index is 10.8. The number of aromatic amines is 2. The molecule has 0 bridgehead atoms. The summed E-state index contributed by atoms with van der Waals surface area (Å²) in [5, 5.41) is 2.24. The molecule has 66 valence electrons. The van der Waals surface area contributed by atoms with Gasteiger partial charge in [-0.1, -0.05) is 0 Å². The molecule has 1 rings (SSSR count). The Bertz CT molecular complexity index is 390. The van der Waals surface area contributed by atoms with Crippen molar-refractivity contribution in [3.8, 4) is 0 Å². The summed E-state index contributed by atoms with van der Waals surface area (Å²) in [6, 6.07) is 0. The molecule has 0 spiro atoms. The van der Waals surface area contributed by atoms with Crippen molar-refractivity contribution in [1.82, 2.24) is 14.8 Å². The highest BCUT2D eigenvalue weighted by atomic mass is 16.2. The first kappa shape index (κ1) is 8.18. The third-order valence-corrected chi connectivity index (χ3v) is 1.21. The molecule has 0 aromatic carbocycles. The molecule has 0 unspecified atom stereocenters. The first-order chi connectivity index (χ1) is 5.59. The monoisotopic (exact) mass is 171 g/mol. The van der Waals surface area contributed by atoms with Gasteiger partial charge in [-0.2, -0.15) is 0 Å². The van der Waals surface area contributed by atoms with Crippen LogP contribution in [0.25, 0.3) is 0 Å². The molecule has 0 aliphatic rings. The van der Waals surface area contributed by atoms with Crippen LogP contribution >= 0.6 is 0 Å². The van der Waals surface area contributed by atoms with Gasteiger partial charge in [-0.05, 0) is 6.08 Å². The highest BCUT2D eigenvalue weighted by Gasteiger charge is 1.95. The Balaban J connectivity index is 2.90. The van der Waals surface area contributed by atoms with Crippen molar-refractivity contribution in [2.24, 2.45) is 11.5 Å². The van der Waals surface area contributed by atoms with E-state index in [1.807, 2.05) is 4.98 Å². The number of hydrogen-bond acceptors (Lipinski definition) is 4. The van der Waals surface area contributed by atoms with Crippen LogP contribution in [-0.2, 0) is 6.54 Å². The summed E-state index contributed by atoms with van der Waals surface area (Å²) in [6.45, 7) is 0.153. The zero-order valence-electron chi connectivity index (χ0n) is 6.20. The Morgan fingerprint density at radius 2 is 2.17 bits per heavy atom. The van der Waals surface area contributed by atoms with Gasteiger partial charge in [0.1, 0.15) is 0 Å². The van der Waals surface area contributed by atoms with E-state index in [-0.39, 0.29) is 12.4 Å². The molecule has 0 radical (unpaired) electrons. The molecule has 0 saturated heterocycles. The molecule has 0 saturated carbocycles. The highest BCUT2D eigenvalue weighted by Crippen LogP contribution is 1.75. The van der Waals surface area contributed by atoms with E-state index in [9.17, 15) is 9.59 Å². The van der Waals surface area contributed by atoms with E-state index in [2.05, 4.69) is 5.10 Å². The van der Waals surface area contributed by atoms with Gasteiger partial charge in [-0.25, -0.2) is 19.4 Å². The third-order valence-electron chi connectivity index (χ3n) is 1.21. The summed E-state index contributed by atoms with van der Waals surface area (Å²) in [7, 11) is 0. The van der Waals surface area contributed by atoms with Crippen molar-refractivity contribution < 1.29 is 0 Å². The van der Waals surface area contributed by atoms with Gasteiger partial charge in [0.2, 0.25) is 0 Å². The summed E-state index contributed by atoms with van der Waals surface area (Å²) in [5.74, 6) is 0.101. The number of nitrogens with zero attached hydrogens (tertiary/aromatic N) is 1. The molecule has 0 amide bonds. The van der Waals surface area contributed by atoms with E-state index in [1.54, 1.807) is 0 Å². The van der Waals surface area contributed by atoms with Crippen LogP contribution in [0.1, 0.15) is 0 Å². The molecule has 0 fully saturated rings. The Kier molecular flexibility index (Phi) is 2.04. The first-order valence-corrected chi connectivity index (χ1v) is 3.20. The number of allylic oxidation sites excluding steroid dienone is 1. The van der Waals surface area contributed by atoms with Crippen LogP contribution in [0, 0.1) is 0 Å². The molecule has 0 atom stereocenters. The molecule has 1 aromatic heterocycles. The highest BCUT2D eigenvalue weighted by molar-refractivity contribution is 4.89. The quantitative estimate of drug-likeness (QED) is 0.397. The van der Waals surface area contributed by atoms with Gasteiger partial charge in [-0.3, -0.25) is 4.98 Å². The summed E-state index contributed by atoms with van der Waals surface area (Å²) < 4.78 is 1.06. The number of nitrogens with two attached hydrogens (primary N) is 2. The Hall–Kier alpha value is -1.92. The van der Waals surface area contributed by atoms with E-state index < -0.39 is 11.4 Å². The minimum atomic E-state index is -0.552. The lowest BCUT2D eigenvalue weighted by atomic mass is 10.5. The summed E-state index contributed by atoms with van der Waals surface area (Å²) in [4.78, 5) is 23.4. The van der Waals surface area contributed by atoms with Gasteiger partial charge in [0.15, 0.2) is 0 Å². The van der Waals surface area contributed by atoms with E-state index in [0.717, 1.165) is 4.68 Å². The Labute approximate surface area is 66.7 Å². The van der Waals surface area contributed by atoms with Crippen molar-refractivity contribution in [3.05, 3.63) is 32.9 Å². The lowest BCUT2D eigenvalue weighted by Crippen LogP contribution is -2.19. The minimum absolute atomic E-state index is 0.101. The van der Waals surface area contributed by atoms with Gasteiger partial charge in [0, 0.05) is 0 Å². The second-order valence-electron chi connectivity index (χ2n) is 2.19. The zero-order chi connectivity index (χ0) is 9.14. The molecule has 0 aliphatic heterocycles. The average molecular weight is 171 g/mol. The molecule has 1 heterocycles. The van der Waals surface area contributed by atoms with Crippen LogP contribution in [0.3, 0.4) is 0 Å². The first-order valence-electron chi connectivity index (χ1n) is 3.20. The van der Waals surface area contributed by atoms with Crippen LogP contribution < -0.4 is 22.8 Å². The molecule has 12 heavy (non-hydrogen) atoms. The fraction of sp³-hybridized carbons (Fsp3) is 0.200. The molecular formula is C5H9N5O2. The predicted molar refractivity (Wildman–Crippen MR) is 42.1 cm³/mol. The van der Waals surface area contributed by atoms with Gasteiger partial charge in [-0.15, -0.1) is 0 Å². The van der Waals surface area contributed by atoms with Gasteiger partial charge in [0.05, 0.1) is 12.4 Å². The predicted octanol–water partition coefficient (Wildman–Crippen LogP) is -2.38. The zero-order valence-corrected chi connectivity index (χ0v) is 6.20. The van der Waals surface area contributed by atoms with Crippen LogP contribution in [0.5, 0.6) is 0 Å². The number of hydrogen-bond donors (Lipinski definition) is 4. The minimum Gasteiger partial charge on any atom is -0.386 e. The van der Waals surface area contributed by atoms with Gasteiger partial charge < -0.3 is 11.5 Å². The van der Waals surface area contributed by atoms with Crippen molar-refractivity contribution in [2.75, 3.05) is 0 Å². The fourth-order valence-corrected chi connectivity index (χ4v) is 0.691. The normalized spacial score (nSPS) is 9.67. The van der Waals surface area contributed by atoms with E-state index in [0.29, 0.717) is 0 Å². The second kappa shape index (κ2) is 2.99. The van der Waals surface area contributed by atoms with E-state index >= 15 is 0 Å². The van der Waals surface area contributed by atoms with Crippen LogP contribution in [0.15, 0.2) is 21.5 Å². The smallest absolute Gasteiger partial charge is 0.344 e. The topological polar surface area (TPSA) is 123 Å². The van der Waals surface area contributed by atoms with Gasteiger partial charge in [0.25, 0.3) is 0 Å². The SMILES string of the molecule is NC(N)=CCn1[nH]c(=O)[nH]c1=O. The van der Waals surface area contributed by atoms with E-state index in [1.165, 1.54) is 6.08 Å². The van der Waals surface area contributed by atoms with Crippen molar-refractivity contribution >= 4 is 0 Å². The molecule has 0 aliphatic carbocycles. The largest absolute Gasteiger partial charge is 0.386 e.